The molecule has 0 radical (unpaired) electrons. The van der Waals surface area contributed by atoms with Gasteiger partial charge in [0.05, 0.1) is 8.66 Å². The van der Waals surface area contributed by atoms with E-state index in [0.29, 0.717) is 10.8 Å². The van der Waals surface area contributed by atoms with Gasteiger partial charge in [-0.1, -0.05) is 0 Å². The summed E-state index contributed by atoms with van der Waals surface area (Å²) in [7, 11) is 0. The predicted octanol–water partition coefficient (Wildman–Crippen LogP) is 3.32. The second kappa shape index (κ2) is 5.03. The highest BCUT2D eigenvalue weighted by atomic mass is 79.9. The zero-order chi connectivity index (χ0) is 11.5. The number of hydrogen-bond acceptors (Lipinski definition) is 4. The van der Waals surface area contributed by atoms with Crippen LogP contribution in [-0.2, 0) is 0 Å². The summed E-state index contributed by atoms with van der Waals surface area (Å²) in [4.78, 5) is 20.2. The lowest BCUT2D eigenvalue weighted by molar-refractivity contribution is 0.102. The van der Waals surface area contributed by atoms with Crippen molar-refractivity contribution in [2.75, 3.05) is 5.32 Å². The van der Waals surface area contributed by atoms with Crippen LogP contribution in [0.25, 0.3) is 0 Å². The number of nitrogens with one attached hydrogen (secondary N) is 1. The molecule has 2 aromatic heterocycles. The summed E-state index contributed by atoms with van der Waals surface area (Å²) in [6, 6.07) is 3.43. The molecule has 2 heterocycles. The van der Waals surface area contributed by atoms with Gasteiger partial charge in [-0.15, -0.1) is 11.3 Å². The number of hydrogen-bond donors (Lipinski definition) is 1. The van der Waals surface area contributed by atoms with Crippen LogP contribution in [0.15, 0.2) is 32.8 Å². The number of aromatic nitrogens is 2. The van der Waals surface area contributed by atoms with Crippen LogP contribution in [0.5, 0.6) is 0 Å². The Morgan fingerprint density at radius 2 is 2.00 bits per heavy atom. The summed E-state index contributed by atoms with van der Waals surface area (Å²) >= 11 is 8.00. The maximum Gasteiger partial charge on any atom is 0.268 e. The molecule has 1 amide bonds. The first-order valence-corrected chi connectivity index (χ1v) is 6.60. The molecule has 0 atom stereocenters. The Kier molecular flexibility index (Phi) is 3.67. The maximum atomic E-state index is 11.8. The first-order valence-electron chi connectivity index (χ1n) is 4.20. The molecule has 0 aliphatic rings. The van der Waals surface area contributed by atoms with Gasteiger partial charge < -0.3 is 0 Å². The predicted molar refractivity (Wildman–Crippen MR) is 69.7 cm³/mol. The lowest BCUT2D eigenvalue weighted by Gasteiger charge is -1.99. The first-order chi connectivity index (χ1) is 7.66. The largest absolute Gasteiger partial charge is 0.290 e. The third-order valence-corrected chi connectivity index (χ3v) is 4.92. The van der Waals surface area contributed by atoms with Crippen molar-refractivity contribution in [3.05, 3.63) is 37.7 Å². The van der Waals surface area contributed by atoms with Crippen molar-refractivity contribution in [1.82, 2.24) is 9.97 Å². The van der Waals surface area contributed by atoms with E-state index in [-0.39, 0.29) is 5.91 Å². The van der Waals surface area contributed by atoms with Crippen LogP contribution in [0.3, 0.4) is 0 Å². The van der Waals surface area contributed by atoms with Crippen LogP contribution < -0.4 is 5.32 Å². The van der Waals surface area contributed by atoms with Gasteiger partial charge in [0, 0.05) is 16.9 Å². The summed E-state index contributed by atoms with van der Waals surface area (Å²) in [5, 5.41) is 2.61. The monoisotopic (exact) mass is 361 g/mol. The number of rotatable bonds is 2. The van der Waals surface area contributed by atoms with Crippen LogP contribution in [0, 0.1) is 0 Å². The summed E-state index contributed by atoms with van der Waals surface area (Å²) in [5.74, 6) is 0.0794. The number of carbonyl (C=O) groups is 1. The van der Waals surface area contributed by atoms with Crippen LogP contribution in [-0.4, -0.2) is 15.9 Å². The van der Waals surface area contributed by atoms with Gasteiger partial charge >= 0.3 is 0 Å². The molecule has 16 heavy (non-hydrogen) atoms. The average Bonchev–Trinajstić information content (AvgIpc) is 2.61. The quantitative estimate of drug-likeness (QED) is 0.891. The average molecular weight is 363 g/mol. The highest BCUT2D eigenvalue weighted by Gasteiger charge is 2.12. The Hall–Kier alpha value is -0.790. The number of halogens is 2. The number of anilines is 1. The van der Waals surface area contributed by atoms with Crippen molar-refractivity contribution < 1.29 is 4.79 Å². The van der Waals surface area contributed by atoms with Crippen molar-refractivity contribution >= 4 is 55.1 Å². The molecule has 4 nitrogen and oxygen atoms in total. The van der Waals surface area contributed by atoms with Gasteiger partial charge in [-0.25, -0.2) is 9.97 Å². The van der Waals surface area contributed by atoms with Crippen molar-refractivity contribution in [1.29, 1.82) is 0 Å². The molecule has 0 fully saturated rings. The number of nitrogens with zero attached hydrogens (tertiary/aromatic N) is 2. The summed E-state index contributed by atoms with van der Waals surface area (Å²) in [6.07, 6.45) is 3.14. The Balaban J connectivity index is 2.15. The lowest BCUT2D eigenvalue weighted by atomic mass is 10.4. The molecule has 0 spiro atoms. The second-order valence-corrected chi connectivity index (χ2v) is 5.98. The molecule has 7 heteroatoms. The van der Waals surface area contributed by atoms with E-state index in [1.807, 2.05) is 0 Å². The Bertz CT molecular complexity index is 495. The normalized spacial score (nSPS) is 10.1. The van der Waals surface area contributed by atoms with E-state index in [4.69, 9.17) is 0 Å². The van der Waals surface area contributed by atoms with Crippen LogP contribution >= 0.6 is 43.2 Å². The minimum atomic E-state index is -0.220. The second-order valence-electron chi connectivity index (χ2n) is 2.76. The van der Waals surface area contributed by atoms with Gasteiger partial charge in [0.15, 0.2) is 0 Å². The molecule has 2 aromatic rings. The molecule has 82 valence electrons. The lowest BCUT2D eigenvalue weighted by Crippen LogP contribution is -2.12. The molecular weight excluding hydrogens is 358 g/mol. The van der Waals surface area contributed by atoms with Crippen LogP contribution in [0.1, 0.15) is 9.67 Å². The third kappa shape index (κ3) is 2.66. The van der Waals surface area contributed by atoms with Gasteiger partial charge in [0.2, 0.25) is 5.95 Å². The van der Waals surface area contributed by atoms with E-state index in [9.17, 15) is 4.79 Å². The smallest absolute Gasteiger partial charge is 0.268 e. The number of thiophene rings is 1. The Morgan fingerprint density at radius 1 is 1.31 bits per heavy atom. The fourth-order valence-corrected chi connectivity index (χ4v) is 2.92. The highest BCUT2D eigenvalue weighted by molar-refractivity contribution is 9.13. The fraction of sp³-hybridized carbons (Fsp3) is 0. The number of amides is 1. The topological polar surface area (TPSA) is 54.9 Å². The Labute approximate surface area is 112 Å². The molecule has 0 unspecified atom stereocenters. The summed E-state index contributed by atoms with van der Waals surface area (Å²) in [5.41, 5.74) is 0. The van der Waals surface area contributed by atoms with Gasteiger partial charge in [0.25, 0.3) is 5.91 Å². The van der Waals surface area contributed by atoms with Crippen molar-refractivity contribution in [2.24, 2.45) is 0 Å². The van der Waals surface area contributed by atoms with Gasteiger partial charge in [0.1, 0.15) is 0 Å². The minimum absolute atomic E-state index is 0.220. The SMILES string of the molecule is O=C(Nc1ncccn1)c1cc(Br)c(Br)s1. The van der Waals surface area contributed by atoms with E-state index in [2.05, 4.69) is 47.1 Å². The first kappa shape index (κ1) is 11.7. The molecule has 0 aromatic carbocycles. The number of carbonyl (C=O) groups excluding carboxylic acids is 1. The maximum absolute atomic E-state index is 11.8. The molecule has 0 aliphatic carbocycles. The van der Waals surface area contributed by atoms with Crippen LogP contribution in [0.4, 0.5) is 5.95 Å². The summed E-state index contributed by atoms with van der Waals surface area (Å²) in [6.45, 7) is 0. The van der Waals surface area contributed by atoms with E-state index in [1.165, 1.54) is 11.3 Å². The Morgan fingerprint density at radius 3 is 2.56 bits per heavy atom. The minimum Gasteiger partial charge on any atom is -0.290 e. The van der Waals surface area contributed by atoms with Crippen LogP contribution in [0.2, 0.25) is 0 Å². The standard InChI is InChI=1S/C9H5Br2N3OS/c10-5-4-6(16-7(5)11)8(15)14-9-12-2-1-3-13-9/h1-4H,(H,12,13,14,15). The van der Waals surface area contributed by atoms with E-state index in [1.54, 1.807) is 24.5 Å². The van der Waals surface area contributed by atoms with Crippen molar-refractivity contribution in [3.8, 4) is 0 Å². The van der Waals surface area contributed by atoms with Crippen molar-refractivity contribution in [2.45, 2.75) is 0 Å². The molecule has 0 bridgehead atoms. The van der Waals surface area contributed by atoms with E-state index >= 15 is 0 Å². The highest BCUT2D eigenvalue weighted by Crippen LogP contribution is 2.32. The van der Waals surface area contributed by atoms with E-state index in [0.717, 1.165) is 8.26 Å². The van der Waals surface area contributed by atoms with Crippen molar-refractivity contribution in [3.63, 3.8) is 0 Å². The molecule has 1 N–H and O–H groups in total. The van der Waals surface area contributed by atoms with Gasteiger partial charge in [-0.05, 0) is 44.0 Å². The zero-order valence-corrected chi connectivity index (χ0v) is 11.8. The molecule has 0 saturated carbocycles. The van der Waals surface area contributed by atoms with E-state index < -0.39 is 0 Å². The third-order valence-electron chi connectivity index (χ3n) is 1.66. The molecule has 2 rings (SSSR count). The van der Waals surface area contributed by atoms with Gasteiger partial charge in [-0.3, -0.25) is 10.1 Å². The zero-order valence-electron chi connectivity index (χ0n) is 7.78. The molecule has 0 saturated heterocycles. The molecule has 0 aliphatic heterocycles. The van der Waals surface area contributed by atoms with Gasteiger partial charge in [-0.2, -0.15) is 0 Å². The molecular formula is C9H5Br2N3OS. The summed E-state index contributed by atoms with van der Waals surface area (Å²) < 4.78 is 1.74. The fourth-order valence-electron chi connectivity index (χ4n) is 0.985.